The largest absolute Gasteiger partial charge is 0.434 e. The second kappa shape index (κ2) is 9.09. The van der Waals surface area contributed by atoms with Crippen LogP contribution < -0.4 is 10.6 Å². The molecule has 0 spiro atoms. The molecule has 33 heavy (non-hydrogen) atoms. The molecule has 0 aliphatic carbocycles. The number of halogens is 1. The first kappa shape index (κ1) is 21.2. The van der Waals surface area contributed by atoms with Gasteiger partial charge in [-0.25, -0.2) is 4.98 Å². The summed E-state index contributed by atoms with van der Waals surface area (Å²) in [5.74, 6) is 0.267. The number of carbonyl (C=O) groups excluding carboxylic acids is 1. The number of fused-ring (bicyclic) bond motifs is 2. The Kier molecular flexibility index (Phi) is 5.85. The van der Waals surface area contributed by atoms with E-state index >= 15 is 0 Å². The second-order valence-electron chi connectivity index (χ2n) is 7.32. The van der Waals surface area contributed by atoms with E-state index in [4.69, 9.17) is 16.6 Å². The molecule has 0 unspecified atom stereocenters. The van der Waals surface area contributed by atoms with Gasteiger partial charge in [0.05, 0.1) is 0 Å². The van der Waals surface area contributed by atoms with Gasteiger partial charge in [0.15, 0.2) is 16.3 Å². The summed E-state index contributed by atoms with van der Waals surface area (Å²) in [6.45, 7) is 0.468. The van der Waals surface area contributed by atoms with E-state index in [0.717, 1.165) is 26.4 Å². The van der Waals surface area contributed by atoms with E-state index in [2.05, 4.69) is 36.5 Å². The molecule has 0 saturated carbocycles. The maximum absolute atomic E-state index is 12.8. The van der Waals surface area contributed by atoms with Crippen molar-refractivity contribution in [3.05, 3.63) is 94.6 Å². The molecule has 0 aliphatic rings. The Morgan fingerprint density at radius 1 is 0.970 bits per heavy atom. The number of amides is 1. The van der Waals surface area contributed by atoms with Gasteiger partial charge in [-0.3, -0.25) is 10.1 Å². The summed E-state index contributed by atoms with van der Waals surface area (Å²) in [4.78, 5) is 21.4. The molecule has 8 heteroatoms. The number of nitrogens with zero attached hydrogens (tertiary/aromatic N) is 2. The van der Waals surface area contributed by atoms with E-state index in [-0.39, 0.29) is 11.0 Å². The summed E-state index contributed by atoms with van der Waals surface area (Å²) in [5.41, 5.74) is 3.65. The van der Waals surface area contributed by atoms with Gasteiger partial charge in [-0.05, 0) is 65.0 Å². The molecule has 6 nitrogen and oxygen atoms in total. The first-order valence-corrected chi connectivity index (χ1v) is 11.4. The highest BCUT2D eigenvalue weighted by atomic mass is 79.9. The number of oxazole rings is 1. The minimum absolute atomic E-state index is 0.254. The fourth-order valence-corrected chi connectivity index (χ4v) is 4.19. The smallest absolute Gasteiger partial charge is 0.258 e. The summed E-state index contributed by atoms with van der Waals surface area (Å²) in [6.07, 6.45) is 1.68. The molecule has 2 aromatic heterocycles. The molecule has 0 saturated heterocycles. The lowest BCUT2D eigenvalue weighted by Crippen LogP contribution is -2.38. The molecule has 2 heterocycles. The van der Waals surface area contributed by atoms with Gasteiger partial charge in [0, 0.05) is 28.3 Å². The SMILES string of the molecule is O=C(NC(=S)NCc1ccc(-c2nc3ncccc3o2)cc1)c1cccc2c(Br)cccc12. The Balaban J connectivity index is 1.22. The average molecular weight is 517 g/mol. The zero-order chi connectivity index (χ0) is 22.8. The van der Waals surface area contributed by atoms with Crippen LogP contribution in [0.1, 0.15) is 15.9 Å². The van der Waals surface area contributed by atoms with Crippen molar-refractivity contribution in [3.8, 4) is 11.5 Å². The molecule has 0 bridgehead atoms. The summed E-state index contributed by atoms with van der Waals surface area (Å²) < 4.78 is 6.69. The Bertz CT molecular complexity index is 1460. The zero-order valence-electron chi connectivity index (χ0n) is 17.2. The minimum atomic E-state index is -0.254. The summed E-state index contributed by atoms with van der Waals surface area (Å²) >= 11 is 8.86. The van der Waals surface area contributed by atoms with Gasteiger partial charge in [-0.2, -0.15) is 4.98 Å². The zero-order valence-corrected chi connectivity index (χ0v) is 19.6. The van der Waals surface area contributed by atoms with Gasteiger partial charge in [-0.15, -0.1) is 0 Å². The van der Waals surface area contributed by atoms with Crippen LogP contribution in [0.4, 0.5) is 0 Å². The van der Waals surface area contributed by atoms with Gasteiger partial charge in [-0.1, -0.05) is 52.3 Å². The van der Waals surface area contributed by atoms with Gasteiger partial charge in [0.1, 0.15) is 0 Å². The van der Waals surface area contributed by atoms with E-state index in [1.165, 1.54) is 0 Å². The van der Waals surface area contributed by atoms with Crippen molar-refractivity contribution in [2.24, 2.45) is 0 Å². The molecule has 0 fully saturated rings. The number of nitrogens with one attached hydrogen (secondary N) is 2. The van der Waals surface area contributed by atoms with Crippen molar-refractivity contribution < 1.29 is 9.21 Å². The van der Waals surface area contributed by atoms with Crippen molar-refractivity contribution in [3.63, 3.8) is 0 Å². The molecule has 5 rings (SSSR count). The molecule has 3 aromatic carbocycles. The van der Waals surface area contributed by atoms with E-state index < -0.39 is 0 Å². The van der Waals surface area contributed by atoms with Gasteiger partial charge in [0.25, 0.3) is 5.91 Å². The van der Waals surface area contributed by atoms with Crippen LogP contribution >= 0.6 is 28.1 Å². The van der Waals surface area contributed by atoms with Crippen molar-refractivity contribution in [1.29, 1.82) is 0 Å². The summed E-state index contributed by atoms with van der Waals surface area (Å²) in [5, 5.41) is 7.94. The third-order valence-electron chi connectivity index (χ3n) is 5.16. The lowest BCUT2D eigenvalue weighted by Gasteiger charge is -2.11. The predicted octanol–water partition coefficient (Wildman–Crippen LogP) is 5.61. The molecule has 162 valence electrons. The molecular formula is C25H17BrN4O2S. The van der Waals surface area contributed by atoms with E-state index in [9.17, 15) is 4.79 Å². The number of hydrogen-bond acceptors (Lipinski definition) is 5. The van der Waals surface area contributed by atoms with Crippen molar-refractivity contribution in [2.45, 2.75) is 6.54 Å². The highest BCUT2D eigenvalue weighted by Crippen LogP contribution is 2.26. The van der Waals surface area contributed by atoms with Gasteiger partial charge < -0.3 is 9.73 Å². The third-order valence-corrected chi connectivity index (χ3v) is 6.10. The van der Waals surface area contributed by atoms with E-state index in [1.807, 2.05) is 66.7 Å². The minimum Gasteiger partial charge on any atom is -0.434 e. The van der Waals surface area contributed by atoms with E-state index in [1.54, 1.807) is 12.3 Å². The quantitative estimate of drug-likeness (QED) is 0.302. The molecular weight excluding hydrogens is 500 g/mol. The first-order valence-electron chi connectivity index (χ1n) is 10.2. The molecule has 0 atom stereocenters. The second-order valence-corrected chi connectivity index (χ2v) is 8.58. The van der Waals surface area contributed by atoms with Crippen LogP contribution in [0.25, 0.3) is 33.5 Å². The standard InChI is InChI=1S/C25H17BrN4O2S/c26-20-7-2-4-17-18(20)5-1-6-19(17)23(31)30-25(33)28-14-15-9-11-16(12-10-15)24-29-22-21(32-24)8-3-13-27-22/h1-13H,14H2,(H2,28,30,31,33). The number of pyridine rings is 1. The van der Waals surface area contributed by atoms with Crippen LogP contribution in [-0.4, -0.2) is 21.0 Å². The molecule has 1 amide bonds. The fourth-order valence-electron chi connectivity index (χ4n) is 3.52. The Morgan fingerprint density at radius 3 is 2.58 bits per heavy atom. The number of hydrogen-bond donors (Lipinski definition) is 2. The van der Waals surface area contributed by atoms with Crippen molar-refractivity contribution in [2.75, 3.05) is 0 Å². The first-order chi connectivity index (χ1) is 16.1. The van der Waals surface area contributed by atoms with Gasteiger partial charge >= 0.3 is 0 Å². The third kappa shape index (κ3) is 4.48. The van der Waals surface area contributed by atoms with Crippen LogP contribution in [0.5, 0.6) is 0 Å². The molecule has 0 radical (unpaired) electrons. The summed E-state index contributed by atoms with van der Waals surface area (Å²) in [7, 11) is 0. The lowest BCUT2D eigenvalue weighted by molar-refractivity contribution is 0.0978. The lowest BCUT2D eigenvalue weighted by atomic mass is 10.0. The molecule has 2 N–H and O–H groups in total. The summed E-state index contributed by atoms with van der Waals surface area (Å²) in [6, 6.07) is 22.8. The highest BCUT2D eigenvalue weighted by molar-refractivity contribution is 9.10. The fraction of sp³-hybridized carbons (Fsp3) is 0.0400. The number of benzene rings is 3. The van der Waals surface area contributed by atoms with Crippen LogP contribution in [-0.2, 0) is 6.54 Å². The van der Waals surface area contributed by atoms with E-state index in [0.29, 0.717) is 29.2 Å². The molecule has 5 aromatic rings. The van der Waals surface area contributed by atoms with Crippen LogP contribution in [0.2, 0.25) is 0 Å². The Labute approximate surface area is 203 Å². The van der Waals surface area contributed by atoms with Crippen LogP contribution in [0.3, 0.4) is 0 Å². The number of thiocarbonyl (C=S) groups is 1. The molecule has 0 aliphatic heterocycles. The van der Waals surface area contributed by atoms with Crippen molar-refractivity contribution >= 4 is 61.2 Å². The predicted molar refractivity (Wildman–Crippen MR) is 136 cm³/mol. The normalized spacial score (nSPS) is 10.9. The number of rotatable bonds is 4. The number of carbonyl (C=O) groups is 1. The van der Waals surface area contributed by atoms with Crippen molar-refractivity contribution in [1.82, 2.24) is 20.6 Å². The topological polar surface area (TPSA) is 80.0 Å². The van der Waals surface area contributed by atoms with Crippen LogP contribution in [0.15, 0.2) is 87.9 Å². The average Bonchev–Trinajstić information content (AvgIpc) is 3.27. The maximum Gasteiger partial charge on any atom is 0.258 e. The van der Waals surface area contributed by atoms with Crippen LogP contribution in [0, 0.1) is 0 Å². The monoisotopic (exact) mass is 516 g/mol. The maximum atomic E-state index is 12.8. The van der Waals surface area contributed by atoms with Gasteiger partial charge in [0.2, 0.25) is 5.89 Å². The Hall–Kier alpha value is -3.62. The highest BCUT2D eigenvalue weighted by Gasteiger charge is 2.13. The Morgan fingerprint density at radius 2 is 1.76 bits per heavy atom. The number of aromatic nitrogens is 2.